The first-order chi connectivity index (χ1) is 15.0. The highest BCUT2D eigenvalue weighted by Crippen LogP contribution is 2.37. The number of pyridine rings is 1. The molecule has 0 unspecified atom stereocenters. The van der Waals surface area contributed by atoms with Gasteiger partial charge in [-0.2, -0.15) is 8.42 Å². The summed E-state index contributed by atoms with van der Waals surface area (Å²) < 4.78 is 28.2. The van der Waals surface area contributed by atoms with Gasteiger partial charge in [-0.05, 0) is 42.9 Å². The minimum absolute atomic E-state index is 0.112. The Balaban J connectivity index is 1.45. The Hall–Kier alpha value is -3.05. The van der Waals surface area contributed by atoms with Gasteiger partial charge in [-0.25, -0.2) is 15.0 Å². The lowest BCUT2D eigenvalue weighted by Gasteiger charge is -2.10. The molecule has 31 heavy (non-hydrogen) atoms. The molecule has 1 fully saturated rings. The Morgan fingerprint density at radius 2 is 1.87 bits per heavy atom. The van der Waals surface area contributed by atoms with Crippen LogP contribution in [-0.2, 0) is 16.6 Å². The van der Waals surface area contributed by atoms with Crippen molar-refractivity contribution in [3.8, 4) is 0 Å². The van der Waals surface area contributed by atoms with E-state index < -0.39 is 10.0 Å². The van der Waals surface area contributed by atoms with Crippen LogP contribution < -0.4 is 5.56 Å². The van der Waals surface area contributed by atoms with E-state index >= 15 is 0 Å². The molecule has 1 aliphatic carbocycles. The number of fused-ring (bicyclic) bond motifs is 1. The van der Waals surface area contributed by atoms with Gasteiger partial charge in [0.2, 0.25) is 0 Å². The smallest absolute Gasteiger partial charge is 0.284 e. The maximum atomic E-state index is 12.8. The Kier molecular flexibility index (Phi) is 4.86. The number of benzene rings is 1. The van der Waals surface area contributed by atoms with Crippen molar-refractivity contribution in [2.24, 2.45) is 0 Å². The van der Waals surface area contributed by atoms with Crippen LogP contribution in [0.3, 0.4) is 0 Å². The van der Waals surface area contributed by atoms with Crippen molar-refractivity contribution < 1.29 is 8.42 Å². The molecule has 3 aromatic heterocycles. The van der Waals surface area contributed by atoms with Gasteiger partial charge < -0.3 is 0 Å². The zero-order valence-corrected chi connectivity index (χ0v) is 18.2. The van der Waals surface area contributed by atoms with Crippen LogP contribution in [0.15, 0.2) is 63.8 Å². The Morgan fingerprint density at radius 3 is 2.58 bits per heavy atom. The maximum Gasteiger partial charge on any atom is 0.284 e. The third-order valence-electron chi connectivity index (χ3n) is 5.12. The topological polar surface area (TPSA) is 113 Å². The summed E-state index contributed by atoms with van der Waals surface area (Å²) in [6.45, 7) is 0.260. The second-order valence-corrected chi connectivity index (χ2v) is 9.86. The lowest BCUT2D eigenvalue weighted by atomic mass is 10.2. The van der Waals surface area contributed by atoms with E-state index in [9.17, 15) is 13.2 Å². The van der Waals surface area contributed by atoms with Crippen molar-refractivity contribution in [1.29, 1.82) is 0 Å². The minimum Gasteiger partial charge on any atom is -0.288 e. The molecule has 0 radical (unpaired) electrons. The lowest BCUT2D eigenvalue weighted by molar-refractivity contribution is 0.579. The normalized spacial score (nSPS) is 14.2. The molecule has 9 nitrogen and oxygen atoms in total. The highest BCUT2D eigenvalue weighted by atomic mass is 32.2. The van der Waals surface area contributed by atoms with Gasteiger partial charge in [0.25, 0.3) is 15.6 Å². The van der Waals surface area contributed by atoms with Crippen LogP contribution in [0.2, 0.25) is 0 Å². The molecule has 1 aliphatic rings. The summed E-state index contributed by atoms with van der Waals surface area (Å²) >= 11 is 1.40. The fourth-order valence-electron chi connectivity index (χ4n) is 3.27. The second-order valence-electron chi connectivity index (χ2n) is 7.29. The zero-order chi connectivity index (χ0) is 21.6. The van der Waals surface area contributed by atoms with E-state index in [0.29, 0.717) is 16.6 Å². The number of nitrogens with zero attached hydrogens (tertiary/aromatic N) is 6. The van der Waals surface area contributed by atoms with Crippen LogP contribution in [0.4, 0.5) is 0 Å². The SMILES string of the molecule is CSc1ncc2ccc(=O)n(Cc3ccc(S(=O)(=O)n4cnc(C5CC5)n4)cc3)c2n1. The van der Waals surface area contributed by atoms with Crippen LogP contribution >= 0.6 is 11.8 Å². The molecule has 0 atom stereocenters. The largest absolute Gasteiger partial charge is 0.288 e. The molecule has 1 aromatic carbocycles. The number of thioether (sulfide) groups is 1. The van der Waals surface area contributed by atoms with Gasteiger partial charge in [0.15, 0.2) is 11.0 Å². The van der Waals surface area contributed by atoms with Gasteiger partial charge in [0.05, 0.1) is 11.4 Å². The van der Waals surface area contributed by atoms with E-state index in [-0.39, 0.29) is 22.9 Å². The summed E-state index contributed by atoms with van der Waals surface area (Å²) in [6.07, 6.45) is 6.79. The van der Waals surface area contributed by atoms with Gasteiger partial charge in [-0.15, -0.1) is 9.19 Å². The molecule has 0 N–H and O–H groups in total. The molecule has 0 saturated heterocycles. The zero-order valence-electron chi connectivity index (χ0n) is 16.5. The third-order valence-corrected chi connectivity index (χ3v) is 7.22. The van der Waals surface area contributed by atoms with Gasteiger partial charge >= 0.3 is 0 Å². The lowest BCUT2D eigenvalue weighted by Crippen LogP contribution is -2.21. The summed E-state index contributed by atoms with van der Waals surface area (Å²) in [7, 11) is -3.81. The molecule has 1 saturated carbocycles. The Bertz CT molecular complexity index is 1440. The van der Waals surface area contributed by atoms with Gasteiger partial charge in [-0.1, -0.05) is 23.9 Å². The average molecular weight is 455 g/mol. The van der Waals surface area contributed by atoms with Gasteiger partial charge in [0, 0.05) is 23.6 Å². The number of aromatic nitrogens is 6. The summed E-state index contributed by atoms with van der Waals surface area (Å²) in [5.41, 5.74) is 1.12. The molecule has 0 bridgehead atoms. The van der Waals surface area contributed by atoms with E-state index in [1.165, 1.54) is 36.3 Å². The molecule has 11 heteroatoms. The van der Waals surface area contributed by atoms with E-state index in [2.05, 4.69) is 20.1 Å². The number of hydrogen-bond acceptors (Lipinski definition) is 8. The minimum atomic E-state index is -3.81. The van der Waals surface area contributed by atoms with Crippen molar-refractivity contribution in [2.75, 3.05) is 6.26 Å². The van der Waals surface area contributed by atoms with Crippen LogP contribution in [0.1, 0.15) is 30.1 Å². The summed E-state index contributed by atoms with van der Waals surface area (Å²) in [5.74, 6) is 0.843. The molecule has 5 rings (SSSR count). The molecule has 3 heterocycles. The Labute approximate surface area is 182 Å². The maximum absolute atomic E-state index is 12.8. The highest BCUT2D eigenvalue weighted by molar-refractivity contribution is 7.98. The predicted molar refractivity (Wildman–Crippen MR) is 116 cm³/mol. The van der Waals surface area contributed by atoms with Crippen molar-refractivity contribution >= 4 is 32.8 Å². The van der Waals surface area contributed by atoms with Crippen molar-refractivity contribution in [1.82, 2.24) is 28.7 Å². The first kappa shape index (κ1) is 19.9. The van der Waals surface area contributed by atoms with Crippen molar-refractivity contribution in [3.05, 3.63) is 70.7 Å². The molecule has 4 aromatic rings. The summed E-state index contributed by atoms with van der Waals surface area (Å²) in [5, 5.41) is 5.46. The molecule has 0 aliphatic heterocycles. The first-order valence-electron chi connectivity index (χ1n) is 9.62. The molecule has 0 spiro atoms. The molecular weight excluding hydrogens is 436 g/mol. The quantitative estimate of drug-likeness (QED) is 0.322. The van der Waals surface area contributed by atoms with Gasteiger partial charge in [0.1, 0.15) is 12.0 Å². The van der Waals surface area contributed by atoms with Crippen LogP contribution in [0.25, 0.3) is 11.0 Å². The number of hydrogen-bond donors (Lipinski definition) is 0. The van der Waals surface area contributed by atoms with E-state index in [1.54, 1.807) is 29.0 Å². The Morgan fingerprint density at radius 1 is 1.10 bits per heavy atom. The standard InChI is InChI=1S/C20H18N6O3S2/c1-30-20-21-10-15-6-9-17(27)25(19(15)23-20)11-13-2-7-16(8-3-13)31(28,29)26-12-22-18(24-26)14-4-5-14/h2-3,6-10,12,14H,4-5,11H2,1H3. The van der Waals surface area contributed by atoms with Crippen molar-refractivity contribution in [2.45, 2.75) is 35.4 Å². The van der Waals surface area contributed by atoms with Gasteiger partial charge in [-0.3, -0.25) is 9.36 Å². The van der Waals surface area contributed by atoms with E-state index in [0.717, 1.165) is 27.9 Å². The third kappa shape index (κ3) is 3.74. The van der Waals surface area contributed by atoms with Crippen molar-refractivity contribution in [3.63, 3.8) is 0 Å². The van der Waals surface area contributed by atoms with E-state index in [1.807, 2.05) is 6.26 Å². The summed E-state index contributed by atoms with van der Waals surface area (Å²) in [6, 6.07) is 9.58. The molecule has 0 amide bonds. The number of rotatable bonds is 6. The first-order valence-corrected chi connectivity index (χ1v) is 12.3. The van der Waals surface area contributed by atoms with Crippen LogP contribution in [0.5, 0.6) is 0 Å². The fourth-order valence-corrected chi connectivity index (χ4v) is 4.66. The molecule has 158 valence electrons. The van der Waals surface area contributed by atoms with Crippen LogP contribution in [0, 0.1) is 0 Å². The molecular formula is C20H18N6O3S2. The van der Waals surface area contributed by atoms with E-state index in [4.69, 9.17) is 0 Å². The van der Waals surface area contributed by atoms with Crippen LogP contribution in [-0.4, -0.2) is 43.4 Å². The predicted octanol–water partition coefficient (Wildman–Crippen LogP) is 2.27. The highest BCUT2D eigenvalue weighted by Gasteiger charge is 2.29. The monoisotopic (exact) mass is 454 g/mol. The summed E-state index contributed by atoms with van der Waals surface area (Å²) in [4.78, 5) is 25.4. The average Bonchev–Trinajstić information content (AvgIpc) is 3.51. The fraction of sp³-hybridized carbons (Fsp3) is 0.250. The second kappa shape index (κ2) is 7.57.